The number of halogens is 1. The molecule has 6 heteroatoms. The number of hydrogen-bond acceptors (Lipinski definition) is 3. The second-order valence-electron chi connectivity index (χ2n) is 4.12. The van der Waals surface area contributed by atoms with E-state index in [-0.39, 0.29) is 10.0 Å². The van der Waals surface area contributed by atoms with Gasteiger partial charge in [-0.25, -0.2) is 17.7 Å². The Bertz CT molecular complexity index is 459. The lowest BCUT2D eigenvalue weighted by molar-refractivity contribution is 0.393. The summed E-state index contributed by atoms with van der Waals surface area (Å²) in [6.07, 6.45) is 2.23. The molecule has 1 heterocycles. The summed E-state index contributed by atoms with van der Waals surface area (Å²) in [7, 11) is -1.87. The van der Waals surface area contributed by atoms with E-state index < -0.39 is 10.0 Å². The highest BCUT2D eigenvalue weighted by atomic mass is 35.5. The van der Waals surface area contributed by atoms with Crippen molar-refractivity contribution in [3.05, 3.63) is 23.5 Å². The molecule has 0 saturated heterocycles. The summed E-state index contributed by atoms with van der Waals surface area (Å²) in [4.78, 5) is 3.96. The SMILES string of the molecule is CCC(C)CN(C)S(=O)(=O)c1ccc(Cl)nc1. The molecule has 0 saturated carbocycles. The Morgan fingerprint density at radius 1 is 1.47 bits per heavy atom. The average molecular weight is 277 g/mol. The predicted molar refractivity (Wildman–Crippen MR) is 68.5 cm³/mol. The fraction of sp³-hybridized carbons (Fsp3) is 0.545. The molecule has 96 valence electrons. The molecule has 0 spiro atoms. The van der Waals surface area contributed by atoms with Crippen molar-refractivity contribution < 1.29 is 8.42 Å². The molecule has 0 fully saturated rings. The molecule has 17 heavy (non-hydrogen) atoms. The molecule has 0 aliphatic heterocycles. The van der Waals surface area contributed by atoms with Crippen molar-refractivity contribution in [3.8, 4) is 0 Å². The molecule has 0 aliphatic carbocycles. The van der Waals surface area contributed by atoms with Crippen LogP contribution >= 0.6 is 11.6 Å². The van der Waals surface area contributed by atoms with E-state index >= 15 is 0 Å². The van der Waals surface area contributed by atoms with Gasteiger partial charge in [0, 0.05) is 19.8 Å². The van der Waals surface area contributed by atoms with Crippen molar-refractivity contribution in [2.24, 2.45) is 5.92 Å². The Morgan fingerprint density at radius 2 is 2.12 bits per heavy atom. The molecule has 1 unspecified atom stereocenters. The molecule has 0 aromatic carbocycles. The van der Waals surface area contributed by atoms with Crippen LogP contribution in [0, 0.1) is 5.92 Å². The van der Waals surface area contributed by atoms with Gasteiger partial charge < -0.3 is 0 Å². The van der Waals surface area contributed by atoms with Crippen molar-refractivity contribution in [2.45, 2.75) is 25.2 Å². The molecule has 0 aliphatic rings. The molecule has 0 radical (unpaired) electrons. The number of sulfonamides is 1. The Labute approximate surface area is 108 Å². The maximum absolute atomic E-state index is 12.1. The zero-order valence-corrected chi connectivity index (χ0v) is 11.8. The first kappa shape index (κ1) is 14.4. The lowest BCUT2D eigenvalue weighted by Crippen LogP contribution is -2.31. The van der Waals surface area contributed by atoms with Crippen molar-refractivity contribution in [1.29, 1.82) is 0 Å². The van der Waals surface area contributed by atoms with Crippen LogP contribution in [0.2, 0.25) is 5.15 Å². The van der Waals surface area contributed by atoms with E-state index in [0.29, 0.717) is 12.5 Å². The summed E-state index contributed by atoms with van der Waals surface area (Å²) in [6, 6.07) is 2.95. The van der Waals surface area contributed by atoms with Crippen LogP contribution in [-0.4, -0.2) is 31.3 Å². The molecule has 1 aromatic rings. The second-order valence-corrected chi connectivity index (χ2v) is 6.55. The van der Waals surface area contributed by atoms with Gasteiger partial charge in [0.05, 0.1) is 0 Å². The smallest absolute Gasteiger partial charge is 0.243 e. The summed E-state index contributed by atoms with van der Waals surface area (Å²) in [5, 5.41) is 0.286. The Balaban J connectivity index is 2.91. The molecule has 1 aromatic heterocycles. The third-order valence-corrected chi connectivity index (χ3v) is 4.70. The molecular weight excluding hydrogens is 260 g/mol. The average Bonchev–Trinajstić information content (AvgIpc) is 2.29. The van der Waals surface area contributed by atoms with E-state index in [0.717, 1.165) is 6.42 Å². The minimum Gasteiger partial charge on any atom is -0.243 e. The number of rotatable bonds is 5. The fourth-order valence-electron chi connectivity index (χ4n) is 1.36. The Kier molecular flexibility index (Phi) is 4.91. The van der Waals surface area contributed by atoms with Gasteiger partial charge in [0.1, 0.15) is 10.0 Å². The Morgan fingerprint density at radius 3 is 2.59 bits per heavy atom. The maximum atomic E-state index is 12.1. The molecule has 0 bridgehead atoms. The molecule has 0 amide bonds. The number of pyridine rings is 1. The molecular formula is C11H17ClN2O2S. The van der Waals surface area contributed by atoms with E-state index in [1.807, 2.05) is 13.8 Å². The lowest BCUT2D eigenvalue weighted by atomic mass is 10.1. The van der Waals surface area contributed by atoms with Gasteiger partial charge in [-0.3, -0.25) is 0 Å². The first-order chi connectivity index (χ1) is 7.87. The van der Waals surface area contributed by atoms with Crippen LogP contribution in [0.15, 0.2) is 23.2 Å². The maximum Gasteiger partial charge on any atom is 0.244 e. The van der Waals surface area contributed by atoms with Crippen LogP contribution < -0.4 is 0 Å². The van der Waals surface area contributed by atoms with Crippen molar-refractivity contribution in [2.75, 3.05) is 13.6 Å². The Hall–Kier alpha value is -0.650. The van der Waals surface area contributed by atoms with Crippen LogP contribution in [0.3, 0.4) is 0 Å². The second kappa shape index (κ2) is 5.80. The van der Waals surface area contributed by atoms with Crippen LogP contribution in [0.5, 0.6) is 0 Å². The number of hydrogen-bond donors (Lipinski definition) is 0. The van der Waals surface area contributed by atoms with E-state index in [9.17, 15) is 8.42 Å². The third kappa shape index (κ3) is 3.66. The molecule has 1 atom stereocenters. The molecule has 4 nitrogen and oxygen atoms in total. The fourth-order valence-corrected chi connectivity index (χ4v) is 2.71. The first-order valence-corrected chi connectivity index (χ1v) is 7.27. The highest BCUT2D eigenvalue weighted by Gasteiger charge is 2.22. The summed E-state index contributed by atoms with van der Waals surface area (Å²) >= 11 is 5.63. The van der Waals surface area contributed by atoms with Gasteiger partial charge in [-0.15, -0.1) is 0 Å². The van der Waals surface area contributed by atoms with Crippen LogP contribution in [0.4, 0.5) is 0 Å². The summed E-state index contributed by atoms with van der Waals surface area (Å²) in [5.74, 6) is 0.329. The van der Waals surface area contributed by atoms with Gasteiger partial charge in [0.15, 0.2) is 0 Å². The molecule has 1 rings (SSSR count). The zero-order valence-electron chi connectivity index (χ0n) is 10.2. The van der Waals surface area contributed by atoms with Crippen LogP contribution in [-0.2, 0) is 10.0 Å². The first-order valence-electron chi connectivity index (χ1n) is 5.45. The number of nitrogens with zero attached hydrogens (tertiary/aromatic N) is 2. The van der Waals surface area contributed by atoms with Gasteiger partial charge in [-0.2, -0.15) is 0 Å². The topological polar surface area (TPSA) is 50.3 Å². The standard InChI is InChI=1S/C11H17ClN2O2S/c1-4-9(2)8-14(3)17(15,16)10-5-6-11(12)13-7-10/h5-7,9H,4,8H2,1-3H3. The highest BCUT2D eigenvalue weighted by molar-refractivity contribution is 7.89. The summed E-state index contributed by atoms with van der Waals surface area (Å²) in [5.41, 5.74) is 0. The lowest BCUT2D eigenvalue weighted by Gasteiger charge is -2.20. The predicted octanol–water partition coefficient (Wildman–Crippen LogP) is 2.40. The van der Waals surface area contributed by atoms with Gasteiger partial charge in [0.2, 0.25) is 10.0 Å². The van der Waals surface area contributed by atoms with Crippen LogP contribution in [0.1, 0.15) is 20.3 Å². The normalized spacial score (nSPS) is 13.9. The van der Waals surface area contributed by atoms with E-state index in [1.165, 1.54) is 22.6 Å². The minimum atomic E-state index is -3.45. The van der Waals surface area contributed by atoms with E-state index in [2.05, 4.69) is 4.98 Å². The summed E-state index contributed by atoms with van der Waals surface area (Å²) in [6.45, 7) is 4.56. The van der Waals surface area contributed by atoms with Crippen molar-refractivity contribution in [3.63, 3.8) is 0 Å². The van der Waals surface area contributed by atoms with Crippen LogP contribution in [0.25, 0.3) is 0 Å². The minimum absolute atomic E-state index is 0.174. The van der Waals surface area contributed by atoms with Crippen molar-refractivity contribution in [1.82, 2.24) is 9.29 Å². The summed E-state index contributed by atoms with van der Waals surface area (Å²) < 4.78 is 25.6. The van der Waals surface area contributed by atoms with E-state index in [1.54, 1.807) is 7.05 Å². The monoisotopic (exact) mass is 276 g/mol. The van der Waals surface area contributed by atoms with E-state index in [4.69, 9.17) is 11.6 Å². The van der Waals surface area contributed by atoms with Crippen molar-refractivity contribution >= 4 is 21.6 Å². The third-order valence-electron chi connectivity index (χ3n) is 2.67. The zero-order chi connectivity index (χ0) is 13.1. The highest BCUT2D eigenvalue weighted by Crippen LogP contribution is 2.16. The van der Waals surface area contributed by atoms with Gasteiger partial charge in [-0.1, -0.05) is 31.9 Å². The largest absolute Gasteiger partial charge is 0.244 e. The molecule has 0 N–H and O–H groups in total. The van der Waals surface area contributed by atoms with Gasteiger partial charge in [-0.05, 0) is 18.1 Å². The quantitative estimate of drug-likeness (QED) is 0.776. The van der Waals surface area contributed by atoms with Gasteiger partial charge in [0.25, 0.3) is 0 Å². The van der Waals surface area contributed by atoms with Gasteiger partial charge >= 0.3 is 0 Å². The number of aromatic nitrogens is 1.